The van der Waals surface area contributed by atoms with E-state index in [1.807, 2.05) is 30.3 Å². The summed E-state index contributed by atoms with van der Waals surface area (Å²) in [5.41, 5.74) is 2.34. The first-order chi connectivity index (χ1) is 12.9. The zero-order valence-electron chi connectivity index (χ0n) is 15.4. The van der Waals surface area contributed by atoms with Gasteiger partial charge in [-0.05, 0) is 23.3 Å². The fourth-order valence-electron chi connectivity index (χ4n) is 2.18. The number of carboxylic acid groups (broad SMARTS) is 2. The highest BCUT2D eigenvalue weighted by molar-refractivity contribution is 6.27. The molecule has 0 unspecified atom stereocenters. The van der Waals surface area contributed by atoms with Crippen molar-refractivity contribution in [1.29, 1.82) is 0 Å². The first-order valence-corrected chi connectivity index (χ1v) is 7.92. The van der Waals surface area contributed by atoms with Crippen LogP contribution in [0.2, 0.25) is 0 Å². The highest BCUT2D eigenvalue weighted by Gasteiger charge is 2.12. The van der Waals surface area contributed by atoms with Gasteiger partial charge in [-0.2, -0.15) is 0 Å². The summed E-state index contributed by atoms with van der Waals surface area (Å²) in [7, 11) is 4.85. The first-order valence-electron chi connectivity index (χ1n) is 7.92. The molecule has 27 heavy (non-hydrogen) atoms. The summed E-state index contributed by atoms with van der Waals surface area (Å²) in [5.74, 6) is -1.68. The Balaban J connectivity index is 0.000000527. The molecule has 0 heterocycles. The van der Waals surface area contributed by atoms with Crippen molar-refractivity contribution in [3.8, 4) is 17.2 Å². The standard InChI is InChI=1S/C17H21NO3.C2H2O4/c1-19-15-9-14(10-16(20-2)17(15)21-3)12-18-11-13-7-5-4-6-8-13;3-1(4)2(5)6/h4-10,18H,11-12H2,1-3H3;(H,3,4)(H,5,6). The molecule has 146 valence electrons. The maximum Gasteiger partial charge on any atom is 0.414 e. The van der Waals surface area contributed by atoms with Crippen LogP contribution in [-0.2, 0) is 22.7 Å². The van der Waals surface area contributed by atoms with Gasteiger partial charge in [0.1, 0.15) is 0 Å². The lowest BCUT2D eigenvalue weighted by Crippen LogP contribution is -2.12. The van der Waals surface area contributed by atoms with E-state index in [4.69, 9.17) is 34.0 Å². The Labute approximate surface area is 157 Å². The molecule has 2 aromatic carbocycles. The minimum absolute atomic E-state index is 0.617. The number of benzene rings is 2. The van der Waals surface area contributed by atoms with Crippen LogP contribution in [0, 0.1) is 0 Å². The topological polar surface area (TPSA) is 114 Å². The zero-order valence-corrected chi connectivity index (χ0v) is 15.4. The van der Waals surface area contributed by atoms with Crippen LogP contribution < -0.4 is 19.5 Å². The van der Waals surface area contributed by atoms with Gasteiger partial charge in [-0.1, -0.05) is 30.3 Å². The third-order valence-corrected chi connectivity index (χ3v) is 3.41. The summed E-state index contributed by atoms with van der Waals surface area (Å²) in [6.07, 6.45) is 0. The van der Waals surface area contributed by atoms with Crippen molar-refractivity contribution in [3.63, 3.8) is 0 Å². The molecule has 0 saturated carbocycles. The Morgan fingerprint density at radius 1 is 0.815 bits per heavy atom. The highest BCUT2D eigenvalue weighted by Crippen LogP contribution is 2.38. The van der Waals surface area contributed by atoms with Crippen LogP contribution in [0.25, 0.3) is 0 Å². The maximum atomic E-state index is 9.10. The molecule has 0 fully saturated rings. The molecule has 0 radical (unpaired) electrons. The predicted octanol–water partition coefficient (Wildman–Crippen LogP) is 2.16. The van der Waals surface area contributed by atoms with Crippen molar-refractivity contribution in [2.24, 2.45) is 0 Å². The lowest BCUT2D eigenvalue weighted by Gasteiger charge is -2.14. The first kappa shape index (κ1) is 21.8. The summed E-state index contributed by atoms with van der Waals surface area (Å²) >= 11 is 0. The van der Waals surface area contributed by atoms with Crippen molar-refractivity contribution >= 4 is 11.9 Å². The Bertz CT molecular complexity index is 710. The number of nitrogens with one attached hydrogen (secondary N) is 1. The normalized spacial score (nSPS) is 9.59. The molecule has 0 aliphatic carbocycles. The zero-order chi connectivity index (χ0) is 20.2. The number of aliphatic carboxylic acids is 2. The fourth-order valence-corrected chi connectivity index (χ4v) is 2.18. The summed E-state index contributed by atoms with van der Waals surface area (Å²) in [6, 6.07) is 14.2. The van der Waals surface area contributed by atoms with Gasteiger partial charge in [0.25, 0.3) is 0 Å². The molecule has 0 aliphatic heterocycles. The molecule has 3 N–H and O–H groups in total. The Morgan fingerprint density at radius 2 is 1.30 bits per heavy atom. The fraction of sp³-hybridized carbons (Fsp3) is 0.263. The van der Waals surface area contributed by atoms with E-state index in [9.17, 15) is 0 Å². The highest BCUT2D eigenvalue weighted by atomic mass is 16.5. The summed E-state index contributed by atoms with van der Waals surface area (Å²) in [6.45, 7) is 1.54. The van der Waals surface area contributed by atoms with Gasteiger partial charge in [-0.15, -0.1) is 0 Å². The molecule has 0 spiro atoms. The number of hydrogen-bond donors (Lipinski definition) is 3. The minimum Gasteiger partial charge on any atom is -0.493 e. The Kier molecular flexibility index (Phi) is 9.18. The van der Waals surface area contributed by atoms with E-state index in [-0.39, 0.29) is 0 Å². The van der Waals surface area contributed by atoms with E-state index in [1.54, 1.807) is 21.3 Å². The van der Waals surface area contributed by atoms with Crippen LogP contribution in [0.5, 0.6) is 17.2 Å². The Morgan fingerprint density at radius 3 is 1.70 bits per heavy atom. The average Bonchev–Trinajstić information content (AvgIpc) is 2.68. The van der Waals surface area contributed by atoms with Crippen molar-refractivity contribution < 1.29 is 34.0 Å². The second-order valence-corrected chi connectivity index (χ2v) is 5.23. The second-order valence-electron chi connectivity index (χ2n) is 5.23. The molecule has 0 amide bonds. The molecule has 0 aromatic heterocycles. The SMILES string of the molecule is COc1cc(CNCc2ccccc2)cc(OC)c1OC.O=C(O)C(=O)O. The summed E-state index contributed by atoms with van der Waals surface area (Å²) in [4.78, 5) is 18.2. The number of ether oxygens (including phenoxy) is 3. The van der Waals surface area contributed by atoms with E-state index >= 15 is 0 Å². The number of carboxylic acids is 2. The monoisotopic (exact) mass is 377 g/mol. The van der Waals surface area contributed by atoms with Gasteiger partial charge in [0.05, 0.1) is 21.3 Å². The molecular weight excluding hydrogens is 354 g/mol. The van der Waals surface area contributed by atoms with Gasteiger partial charge in [0.2, 0.25) is 5.75 Å². The van der Waals surface area contributed by atoms with Crippen molar-refractivity contribution in [2.45, 2.75) is 13.1 Å². The van der Waals surface area contributed by atoms with Crippen LogP contribution in [0.3, 0.4) is 0 Å². The largest absolute Gasteiger partial charge is 0.493 e. The third-order valence-electron chi connectivity index (χ3n) is 3.41. The molecule has 0 bridgehead atoms. The van der Waals surface area contributed by atoms with E-state index in [1.165, 1.54) is 5.56 Å². The second kappa shape index (κ2) is 11.4. The molecule has 2 rings (SSSR count). The van der Waals surface area contributed by atoms with E-state index in [0.717, 1.165) is 18.7 Å². The quantitative estimate of drug-likeness (QED) is 0.629. The summed E-state index contributed by atoms with van der Waals surface area (Å²) in [5, 5.41) is 18.2. The third kappa shape index (κ3) is 7.25. The van der Waals surface area contributed by atoms with E-state index in [2.05, 4.69) is 17.4 Å². The van der Waals surface area contributed by atoms with Gasteiger partial charge in [-0.25, -0.2) is 9.59 Å². The predicted molar refractivity (Wildman–Crippen MR) is 98.4 cm³/mol. The van der Waals surface area contributed by atoms with Crippen molar-refractivity contribution in [3.05, 3.63) is 53.6 Å². The van der Waals surface area contributed by atoms with Crippen molar-refractivity contribution in [2.75, 3.05) is 21.3 Å². The lowest BCUT2D eigenvalue weighted by atomic mass is 10.1. The van der Waals surface area contributed by atoms with Gasteiger partial charge < -0.3 is 29.7 Å². The number of rotatable bonds is 7. The van der Waals surface area contributed by atoms with Crippen LogP contribution in [-0.4, -0.2) is 43.5 Å². The summed E-state index contributed by atoms with van der Waals surface area (Å²) < 4.78 is 16.0. The molecule has 0 atom stereocenters. The number of hydrogen-bond acceptors (Lipinski definition) is 6. The van der Waals surface area contributed by atoms with Gasteiger partial charge >= 0.3 is 11.9 Å². The van der Waals surface area contributed by atoms with Gasteiger partial charge in [-0.3, -0.25) is 0 Å². The molecule has 2 aromatic rings. The van der Waals surface area contributed by atoms with Crippen LogP contribution in [0.4, 0.5) is 0 Å². The van der Waals surface area contributed by atoms with Crippen LogP contribution in [0.1, 0.15) is 11.1 Å². The number of carbonyl (C=O) groups is 2. The smallest absolute Gasteiger partial charge is 0.414 e. The van der Waals surface area contributed by atoms with Crippen LogP contribution >= 0.6 is 0 Å². The van der Waals surface area contributed by atoms with Gasteiger partial charge in [0.15, 0.2) is 11.5 Å². The molecule has 8 nitrogen and oxygen atoms in total. The maximum absolute atomic E-state index is 9.10. The lowest BCUT2D eigenvalue weighted by molar-refractivity contribution is -0.159. The molecular formula is C19H23NO7. The molecule has 0 aliphatic rings. The molecule has 8 heteroatoms. The van der Waals surface area contributed by atoms with Gasteiger partial charge in [0, 0.05) is 13.1 Å². The molecule has 0 saturated heterocycles. The Hall–Kier alpha value is -3.26. The number of methoxy groups -OCH3 is 3. The minimum atomic E-state index is -1.82. The average molecular weight is 377 g/mol. The van der Waals surface area contributed by atoms with Crippen LogP contribution in [0.15, 0.2) is 42.5 Å². The van der Waals surface area contributed by atoms with Crippen molar-refractivity contribution in [1.82, 2.24) is 5.32 Å². The van der Waals surface area contributed by atoms with E-state index < -0.39 is 11.9 Å². The van der Waals surface area contributed by atoms with E-state index in [0.29, 0.717) is 17.2 Å².